The highest BCUT2D eigenvalue weighted by Crippen LogP contribution is 2.34. The molecule has 27 heavy (non-hydrogen) atoms. The van der Waals surface area contributed by atoms with Crippen LogP contribution in [0.15, 0.2) is 77.7 Å². The molecule has 0 fully saturated rings. The fraction of sp³-hybridized carbons (Fsp3) is 0.143. The van der Waals surface area contributed by atoms with Crippen molar-refractivity contribution in [2.75, 3.05) is 4.31 Å². The highest BCUT2D eigenvalue weighted by molar-refractivity contribution is 7.92. The predicted molar refractivity (Wildman–Crippen MR) is 107 cm³/mol. The Kier molecular flexibility index (Phi) is 5.53. The van der Waals surface area contributed by atoms with Gasteiger partial charge < -0.3 is 0 Å². The normalized spacial score (nSPS) is 12.6. The molecule has 3 rings (SSSR count). The Labute approximate surface area is 164 Å². The first kappa shape index (κ1) is 19.4. The van der Waals surface area contributed by atoms with Gasteiger partial charge >= 0.3 is 0 Å². The number of benzene rings is 3. The van der Waals surface area contributed by atoms with Crippen LogP contribution in [0.5, 0.6) is 0 Å². The summed E-state index contributed by atoms with van der Waals surface area (Å²) in [4.78, 5) is -0.0581. The summed E-state index contributed by atoms with van der Waals surface area (Å²) in [6, 6.07) is 19.5. The maximum atomic E-state index is 13.5. The van der Waals surface area contributed by atoms with E-state index in [0.29, 0.717) is 5.69 Å². The monoisotopic (exact) mass is 403 g/mol. The number of nitrogens with zero attached hydrogens (tertiary/aromatic N) is 1. The number of aryl methyl sites for hydroxylation is 1. The summed E-state index contributed by atoms with van der Waals surface area (Å²) in [5, 5.41) is -0.229. The third-order valence-corrected chi connectivity index (χ3v) is 6.55. The van der Waals surface area contributed by atoms with Crippen LogP contribution in [0.3, 0.4) is 0 Å². The van der Waals surface area contributed by atoms with Crippen LogP contribution in [-0.2, 0) is 10.0 Å². The van der Waals surface area contributed by atoms with Crippen LogP contribution in [0.1, 0.15) is 24.1 Å². The minimum Gasteiger partial charge on any atom is -0.259 e. The fourth-order valence-corrected chi connectivity index (χ4v) is 4.80. The maximum Gasteiger partial charge on any atom is 0.264 e. The highest BCUT2D eigenvalue weighted by atomic mass is 35.5. The van der Waals surface area contributed by atoms with Crippen molar-refractivity contribution in [3.63, 3.8) is 0 Å². The largest absolute Gasteiger partial charge is 0.264 e. The van der Waals surface area contributed by atoms with Crippen LogP contribution >= 0.6 is 11.6 Å². The third kappa shape index (κ3) is 3.99. The molecule has 0 N–H and O–H groups in total. The van der Waals surface area contributed by atoms with Gasteiger partial charge in [0.05, 0.1) is 21.6 Å². The molecule has 140 valence electrons. The molecule has 3 aromatic carbocycles. The first-order valence-corrected chi connectivity index (χ1v) is 10.2. The van der Waals surface area contributed by atoms with Crippen LogP contribution < -0.4 is 4.31 Å². The molecule has 0 aliphatic heterocycles. The average Bonchev–Trinajstić information content (AvgIpc) is 2.66. The van der Waals surface area contributed by atoms with Crippen molar-refractivity contribution in [2.24, 2.45) is 0 Å². The Balaban J connectivity index is 2.16. The van der Waals surface area contributed by atoms with Crippen molar-refractivity contribution in [2.45, 2.75) is 24.8 Å². The molecular formula is C21H19ClFNO2S. The molecule has 0 aliphatic carbocycles. The number of rotatable bonds is 5. The van der Waals surface area contributed by atoms with E-state index in [-0.39, 0.29) is 9.92 Å². The van der Waals surface area contributed by atoms with E-state index in [9.17, 15) is 12.8 Å². The maximum absolute atomic E-state index is 13.5. The van der Waals surface area contributed by atoms with Crippen molar-refractivity contribution in [3.05, 3.63) is 94.8 Å². The molecule has 0 saturated carbocycles. The number of sulfonamides is 1. The lowest BCUT2D eigenvalue weighted by Gasteiger charge is -2.31. The Morgan fingerprint density at radius 2 is 1.59 bits per heavy atom. The summed E-state index contributed by atoms with van der Waals surface area (Å²) in [5.41, 5.74) is 2.39. The van der Waals surface area contributed by atoms with E-state index in [2.05, 4.69) is 0 Å². The molecule has 0 heterocycles. The third-order valence-electron chi connectivity index (χ3n) is 4.37. The van der Waals surface area contributed by atoms with Gasteiger partial charge in [-0.25, -0.2) is 12.8 Å². The summed E-state index contributed by atoms with van der Waals surface area (Å²) in [5.74, 6) is -0.659. The zero-order valence-corrected chi connectivity index (χ0v) is 16.5. The Bertz CT molecular complexity index is 1040. The summed E-state index contributed by atoms with van der Waals surface area (Å²) >= 11 is 5.83. The molecule has 0 unspecified atom stereocenters. The van der Waals surface area contributed by atoms with Crippen LogP contribution in [0, 0.1) is 12.7 Å². The van der Waals surface area contributed by atoms with Crippen LogP contribution in [0.25, 0.3) is 0 Å². The van der Waals surface area contributed by atoms with Crippen molar-refractivity contribution >= 4 is 27.3 Å². The Hall–Kier alpha value is -2.37. The van der Waals surface area contributed by atoms with Gasteiger partial charge in [-0.15, -0.1) is 0 Å². The summed E-state index contributed by atoms with van der Waals surface area (Å²) < 4.78 is 41.8. The topological polar surface area (TPSA) is 37.4 Å². The molecule has 0 saturated heterocycles. The van der Waals surface area contributed by atoms with E-state index in [0.717, 1.165) is 23.3 Å². The average molecular weight is 404 g/mol. The second-order valence-corrected chi connectivity index (χ2v) is 8.52. The Morgan fingerprint density at radius 1 is 0.963 bits per heavy atom. The molecule has 0 aromatic heterocycles. The van der Waals surface area contributed by atoms with E-state index in [4.69, 9.17) is 11.6 Å². The molecule has 3 nitrogen and oxygen atoms in total. The second kappa shape index (κ2) is 7.71. The minimum atomic E-state index is -3.97. The van der Waals surface area contributed by atoms with Crippen molar-refractivity contribution < 1.29 is 12.8 Å². The van der Waals surface area contributed by atoms with Gasteiger partial charge in [0.2, 0.25) is 0 Å². The van der Waals surface area contributed by atoms with Gasteiger partial charge in [-0.2, -0.15) is 0 Å². The van der Waals surface area contributed by atoms with Crippen molar-refractivity contribution in [3.8, 4) is 0 Å². The molecule has 3 aromatic rings. The van der Waals surface area contributed by atoms with Crippen LogP contribution in [-0.4, -0.2) is 8.42 Å². The van der Waals surface area contributed by atoms with Gasteiger partial charge in [0.15, 0.2) is 0 Å². The smallest absolute Gasteiger partial charge is 0.259 e. The summed E-state index contributed by atoms with van der Waals surface area (Å²) in [7, 11) is -3.97. The summed E-state index contributed by atoms with van der Waals surface area (Å²) in [6.45, 7) is 3.75. The van der Waals surface area contributed by atoms with E-state index in [1.165, 1.54) is 10.4 Å². The first-order chi connectivity index (χ1) is 12.8. The van der Waals surface area contributed by atoms with Gasteiger partial charge in [0, 0.05) is 0 Å². The lowest BCUT2D eigenvalue weighted by Crippen LogP contribution is -2.33. The van der Waals surface area contributed by atoms with Gasteiger partial charge in [-0.05, 0) is 49.7 Å². The molecule has 0 amide bonds. The van der Waals surface area contributed by atoms with Gasteiger partial charge in [-0.3, -0.25) is 4.31 Å². The van der Waals surface area contributed by atoms with Gasteiger partial charge in [0.25, 0.3) is 10.0 Å². The number of anilines is 1. The van der Waals surface area contributed by atoms with E-state index in [1.54, 1.807) is 12.1 Å². The first-order valence-electron chi connectivity index (χ1n) is 8.42. The fourth-order valence-electron chi connectivity index (χ4n) is 2.88. The van der Waals surface area contributed by atoms with Crippen molar-refractivity contribution in [1.82, 2.24) is 0 Å². The van der Waals surface area contributed by atoms with E-state index in [1.807, 2.05) is 56.3 Å². The van der Waals surface area contributed by atoms with E-state index >= 15 is 0 Å². The molecule has 0 spiro atoms. The van der Waals surface area contributed by atoms with E-state index < -0.39 is 21.9 Å². The summed E-state index contributed by atoms with van der Waals surface area (Å²) in [6.07, 6.45) is 0. The zero-order chi connectivity index (χ0) is 19.6. The quantitative estimate of drug-likeness (QED) is 0.544. The highest BCUT2D eigenvalue weighted by Gasteiger charge is 2.30. The minimum absolute atomic E-state index is 0.0581. The second-order valence-electron chi connectivity index (χ2n) is 6.30. The molecular weight excluding hydrogens is 385 g/mol. The van der Waals surface area contributed by atoms with Gasteiger partial charge in [-0.1, -0.05) is 59.6 Å². The molecule has 0 radical (unpaired) electrons. The molecule has 0 bridgehead atoms. The predicted octanol–water partition coefficient (Wildman–Crippen LogP) is 5.74. The van der Waals surface area contributed by atoms with Crippen molar-refractivity contribution in [1.29, 1.82) is 0 Å². The molecule has 1 atom stereocenters. The number of hydrogen-bond acceptors (Lipinski definition) is 2. The van der Waals surface area contributed by atoms with Crippen LogP contribution in [0.4, 0.5) is 10.1 Å². The molecule has 6 heteroatoms. The number of hydrogen-bond donors (Lipinski definition) is 0. The van der Waals surface area contributed by atoms with Crippen LogP contribution in [0.2, 0.25) is 5.02 Å². The van der Waals surface area contributed by atoms with Gasteiger partial charge in [0.1, 0.15) is 5.82 Å². The SMILES string of the molecule is Cc1ccc(N([C@@H](C)c2ccccc2)S(=O)(=O)c2ccc(F)c(Cl)c2)cc1. The lowest BCUT2D eigenvalue weighted by atomic mass is 10.1. The zero-order valence-electron chi connectivity index (χ0n) is 14.9. The standard InChI is InChI=1S/C21H19ClFNO2S/c1-15-8-10-18(11-9-15)24(16(2)17-6-4-3-5-7-17)27(25,26)19-12-13-21(23)20(22)14-19/h3-14,16H,1-2H3/t16-/m0/s1. The Morgan fingerprint density at radius 3 is 2.19 bits per heavy atom. The molecule has 0 aliphatic rings. The lowest BCUT2D eigenvalue weighted by molar-refractivity contribution is 0.582. The number of halogens is 2.